The molecule has 1 nitrogen and oxygen atoms in total. The molecule has 1 N–H and O–H groups in total. The molecule has 0 saturated heterocycles. The van der Waals surface area contributed by atoms with Crippen LogP contribution in [0.2, 0.25) is 0 Å². The Hall–Kier alpha value is -0.340. The first-order chi connectivity index (χ1) is 9.20. The highest BCUT2D eigenvalue weighted by molar-refractivity contribution is 7.10. The topological polar surface area (TPSA) is 12.0 Å². The van der Waals surface area contributed by atoms with Gasteiger partial charge in [-0.15, -0.1) is 11.3 Å². The lowest BCUT2D eigenvalue weighted by atomic mass is 9.89. The number of rotatable bonds is 5. The van der Waals surface area contributed by atoms with E-state index < -0.39 is 0 Å². The van der Waals surface area contributed by atoms with Crippen LogP contribution in [-0.4, -0.2) is 6.04 Å². The lowest BCUT2D eigenvalue weighted by molar-refractivity contribution is 0.333. The van der Waals surface area contributed by atoms with Gasteiger partial charge in [0.15, 0.2) is 0 Å². The van der Waals surface area contributed by atoms with Gasteiger partial charge in [0.1, 0.15) is 0 Å². The Morgan fingerprint density at radius 2 is 2.11 bits per heavy atom. The third-order valence-electron chi connectivity index (χ3n) is 4.69. The molecule has 2 heteroatoms. The van der Waals surface area contributed by atoms with E-state index in [1.54, 1.807) is 0 Å². The minimum atomic E-state index is 0.570. The Morgan fingerprint density at radius 1 is 1.26 bits per heavy atom. The van der Waals surface area contributed by atoms with Gasteiger partial charge in [-0.3, -0.25) is 0 Å². The highest BCUT2D eigenvalue weighted by Crippen LogP contribution is 2.30. The molecule has 3 unspecified atom stereocenters. The predicted molar refractivity (Wildman–Crippen MR) is 85.7 cm³/mol. The molecule has 0 radical (unpaired) electrons. The van der Waals surface area contributed by atoms with Gasteiger partial charge in [-0.05, 0) is 49.0 Å². The van der Waals surface area contributed by atoms with E-state index in [-0.39, 0.29) is 0 Å². The second-order valence-corrected chi connectivity index (χ2v) is 7.33. The first-order valence-corrected chi connectivity index (χ1v) is 8.88. The van der Waals surface area contributed by atoms with Gasteiger partial charge in [0.05, 0.1) is 0 Å². The molecule has 1 fully saturated rings. The van der Waals surface area contributed by atoms with Crippen LogP contribution in [0.3, 0.4) is 0 Å². The maximum atomic E-state index is 3.92. The molecule has 0 spiro atoms. The Balaban J connectivity index is 1.88. The summed E-state index contributed by atoms with van der Waals surface area (Å²) in [4.78, 5) is 1.51. The summed E-state index contributed by atoms with van der Waals surface area (Å²) >= 11 is 1.89. The molecule has 1 aromatic rings. The second-order valence-electron chi connectivity index (χ2n) is 6.35. The van der Waals surface area contributed by atoms with Crippen LogP contribution < -0.4 is 5.32 Å². The van der Waals surface area contributed by atoms with Crippen molar-refractivity contribution in [2.45, 2.75) is 71.4 Å². The van der Waals surface area contributed by atoms with E-state index in [1.165, 1.54) is 43.4 Å². The Labute approximate surface area is 122 Å². The van der Waals surface area contributed by atoms with Gasteiger partial charge in [-0.1, -0.05) is 39.7 Å². The molecular formula is C17H29NS. The monoisotopic (exact) mass is 279 g/mol. The van der Waals surface area contributed by atoms with Crippen LogP contribution in [0.25, 0.3) is 0 Å². The van der Waals surface area contributed by atoms with Crippen molar-refractivity contribution in [3.63, 3.8) is 0 Å². The fourth-order valence-corrected chi connectivity index (χ4v) is 4.21. The van der Waals surface area contributed by atoms with Gasteiger partial charge in [0.2, 0.25) is 0 Å². The summed E-state index contributed by atoms with van der Waals surface area (Å²) in [6.07, 6.45) is 8.18. The number of hydrogen-bond acceptors (Lipinski definition) is 2. The molecular weight excluding hydrogens is 250 g/mol. The van der Waals surface area contributed by atoms with Gasteiger partial charge in [-0.2, -0.15) is 0 Å². The van der Waals surface area contributed by atoms with Gasteiger partial charge in [0, 0.05) is 17.0 Å². The molecule has 1 saturated carbocycles. The van der Waals surface area contributed by atoms with E-state index in [2.05, 4.69) is 43.6 Å². The molecule has 1 aliphatic carbocycles. The van der Waals surface area contributed by atoms with Crippen molar-refractivity contribution >= 4 is 11.3 Å². The molecule has 1 aliphatic rings. The molecule has 19 heavy (non-hydrogen) atoms. The largest absolute Gasteiger partial charge is 0.306 e. The van der Waals surface area contributed by atoms with Crippen LogP contribution in [0.5, 0.6) is 0 Å². The van der Waals surface area contributed by atoms with Gasteiger partial charge in [-0.25, -0.2) is 0 Å². The summed E-state index contributed by atoms with van der Waals surface area (Å²) in [6.45, 7) is 7.07. The molecule has 108 valence electrons. The maximum Gasteiger partial charge on any atom is 0.0414 e. The number of nitrogens with one attached hydrogen (secondary N) is 1. The summed E-state index contributed by atoms with van der Waals surface area (Å²) < 4.78 is 0. The summed E-state index contributed by atoms with van der Waals surface area (Å²) in [5.41, 5.74) is 0. The maximum absolute atomic E-state index is 3.92. The fraction of sp³-hybridized carbons (Fsp3) is 0.765. The van der Waals surface area contributed by atoms with Crippen molar-refractivity contribution in [1.29, 1.82) is 0 Å². The SMILES string of the molecule is CCC(NC1CCCC(C(C)C)CC1)c1cccs1. The van der Waals surface area contributed by atoms with Crippen molar-refractivity contribution in [3.8, 4) is 0 Å². The second kappa shape index (κ2) is 7.44. The summed E-state index contributed by atoms with van der Waals surface area (Å²) in [5.74, 6) is 1.81. The van der Waals surface area contributed by atoms with Gasteiger partial charge in [0.25, 0.3) is 0 Å². The van der Waals surface area contributed by atoms with E-state index in [0.29, 0.717) is 6.04 Å². The van der Waals surface area contributed by atoms with Crippen molar-refractivity contribution in [2.24, 2.45) is 11.8 Å². The average molecular weight is 279 g/mol. The van der Waals surface area contributed by atoms with Crippen LogP contribution in [0, 0.1) is 11.8 Å². The van der Waals surface area contributed by atoms with E-state index >= 15 is 0 Å². The zero-order valence-electron chi connectivity index (χ0n) is 12.7. The zero-order chi connectivity index (χ0) is 13.7. The Bertz CT molecular complexity index is 344. The van der Waals surface area contributed by atoms with Gasteiger partial charge < -0.3 is 5.32 Å². The molecule has 0 aromatic carbocycles. The van der Waals surface area contributed by atoms with E-state index in [1.807, 2.05) is 11.3 Å². The minimum Gasteiger partial charge on any atom is -0.306 e. The molecule has 0 aliphatic heterocycles. The lowest BCUT2D eigenvalue weighted by Crippen LogP contribution is -2.32. The van der Waals surface area contributed by atoms with E-state index in [0.717, 1.165) is 17.9 Å². The number of hydrogen-bond donors (Lipinski definition) is 1. The third kappa shape index (κ3) is 4.32. The smallest absolute Gasteiger partial charge is 0.0414 e. The molecule has 1 heterocycles. The third-order valence-corrected chi connectivity index (χ3v) is 5.67. The summed E-state index contributed by atoms with van der Waals surface area (Å²) in [5, 5.41) is 6.11. The fourth-order valence-electron chi connectivity index (χ4n) is 3.34. The highest BCUT2D eigenvalue weighted by atomic mass is 32.1. The molecule has 0 amide bonds. The molecule has 1 aromatic heterocycles. The predicted octanol–water partition coefficient (Wildman–Crippen LogP) is 5.39. The van der Waals surface area contributed by atoms with Crippen LogP contribution in [-0.2, 0) is 0 Å². The first kappa shape index (κ1) is 15.1. The minimum absolute atomic E-state index is 0.570. The quantitative estimate of drug-likeness (QED) is 0.712. The Morgan fingerprint density at radius 3 is 2.74 bits per heavy atom. The van der Waals surface area contributed by atoms with Crippen molar-refractivity contribution < 1.29 is 0 Å². The van der Waals surface area contributed by atoms with Crippen molar-refractivity contribution in [1.82, 2.24) is 5.32 Å². The van der Waals surface area contributed by atoms with Crippen LogP contribution in [0.1, 0.15) is 70.2 Å². The van der Waals surface area contributed by atoms with Crippen LogP contribution in [0.4, 0.5) is 0 Å². The zero-order valence-corrected chi connectivity index (χ0v) is 13.5. The number of thiophene rings is 1. The Kier molecular flexibility index (Phi) is 5.90. The summed E-state index contributed by atoms with van der Waals surface area (Å²) in [7, 11) is 0. The standard InChI is InChI=1S/C17H29NS/c1-4-16(17-9-6-12-19-17)18-15-8-5-7-14(10-11-15)13(2)3/h6,9,12-16,18H,4-5,7-8,10-11H2,1-3H3. The van der Waals surface area contributed by atoms with Gasteiger partial charge >= 0.3 is 0 Å². The molecule has 2 rings (SSSR count). The first-order valence-electron chi connectivity index (χ1n) is 8.00. The normalized spacial score (nSPS) is 26.3. The van der Waals surface area contributed by atoms with Crippen molar-refractivity contribution in [2.75, 3.05) is 0 Å². The average Bonchev–Trinajstić information content (AvgIpc) is 2.82. The van der Waals surface area contributed by atoms with Crippen LogP contribution >= 0.6 is 11.3 Å². The summed E-state index contributed by atoms with van der Waals surface area (Å²) in [6, 6.07) is 5.75. The lowest BCUT2D eigenvalue weighted by Gasteiger charge is -2.24. The van der Waals surface area contributed by atoms with E-state index in [9.17, 15) is 0 Å². The molecule has 3 atom stereocenters. The highest BCUT2D eigenvalue weighted by Gasteiger charge is 2.23. The molecule has 0 bridgehead atoms. The van der Waals surface area contributed by atoms with Crippen LogP contribution in [0.15, 0.2) is 17.5 Å². The van der Waals surface area contributed by atoms with Crippen molar-refractivity contribution in [3.05, 3.63) is 22.4 Å². The van der Waals surface area contributed by atoms with E-state index in [4.69, 9.17) is 0 Å².